The molecule has 0 bridgehead atoms. The van der Waals surface area contributed by atoms with E-state index >= 15 is 0 Å². The van der Waals surface area contributed by atoms with Gasteiger partial charge in [-0.15, -0.1) is 0 Å². The molecule has 2 rings (SSSR count). The predicted molar refractivity (Wildman–Crippen MR) is 42.8 cm³/mol. The van der Waals surface area contributed by atoms with Crippen molar-refractivity contribution >= 4 is 11.0 Å². The van der Waals surface area contributed by atoms with Crippen LogP contribution in [0.4, 0.5) is 13.2 Å². The lowest BCUT2D eigenvalue weighted by atomic mass is 10.1. The van der Waals surface area contributed by atoms with E-state index in [1.165, 1.54) is 12.4 Å². The van der Waals surface area contributed by atoms with E-state index in [4.69, 9.17) is 0 Å². The number of fused-ring (bicyclic) bond motifs is 1. The quantitative estimate of drug-likeness (QED) is 0.688. The number of aromatic hydroxyl groups is 1. The minimum atomic E-state index is -4.56. The minimum Gasteiger partial charge on any atom is -0.505 e. The fraction of sp³-hybridized carbons (Fsp3) is 0.125. The summed E-state index contributed by atoms with van der Waals surface area (Å²) in [6.45, 7) is 0. The van der Waals surface area contributed by atoms with Crippen molar-refractivity contribution in [2.24, 2.45) is 0 Å². The van der Waals surface area contributed by atoms with Crippen molar-refractivity contribution in [3.05, 3.63) is 24.0 Å². The number of imidazole rings is 1. The number of alkyl halides is 3. The van der Waals surface area contributed by atoms with E-state index in [9.17, 15) is 18.3 Å². The molecule has 3 nitrogen and oxygen atoms in total. The van der Waals surface area contributed by atoms with Gasteiger partial charge in [0, 0.05) is 0 Å². The highest BCUT2D eigenvalue weighted by molar-refractivity contribution is 5.82. The number of phenols is 1. The number of nitrogens with zero attached hydrogens (tertiary/aromatic N) is 1. The summed E-state index contributed by atoms with van der Waals surface area (Å²) in [4.78, 5) is 6.19. The molecule has 0 aliphatic rings. The van der Waals surface area contributed by atoms with Gasteiger partial charge in [-0.05, 0) is 12.1 Å². The van der Waals surface area contributed by atoms with Crippen LogP contribution in [-0.4, -0.2) is 15.1 Å². The topological polar surface area (TPSA) is 48.9 Å². The smallest absolute Gasteiger partial charge is 0.420 e. The maximum absolute atomic E-state index is 12.3. The number of rotatable bonds is 0. The standard InChI is InChI=1S/C8H5F3N2O/c9-8(10,11)4-1-2-5-6(7(4)14)13-3-12-5/h1-3,14H,(H,12,13). The van der Waals surface area contributed by atoms with Crippen molar-refractivity contribution in [3.8, 4) is 5.75 Å². The lowest BCUT2D eigenvalue weighted by Crippen LogP contribution is -2.05. The summed E-state index contributed by atoms with van der Waals surface area (Å²) in [6.07, 6.45) is -3.33. The minimum absolute atomic E-state index is 0.0696. The number of nitrogens with one attached hydrogen (secondary N) is 1. The number of phenolic OH excluding ortho intramolecular Hbond substituents is 1. The Kier molecular flexibility index (Phi) is 1.67. The van der Waals surface area contributed by atoms with Crippen LogP contribution >= 0.6 is 0 Å². The van der Waals surface area contributed by atoms with Gasteiger partial charge in [0.15, 0.2) is 5.75 Å². The van der Waals surface area contributed by atoms with Gasteiger partial charge in [0.1, 0.15) is 5.52 Å². The molecule has 1 heterocycles. The Hall–Kier alpha value is -1.72. The van der Waals surface area contributed by atoms with Gasteiger partial charge in [0.2, 0.25) is 0 Å². The number of hydrogen-bond acceptors (Lipinski definition) is 2. The highest BCUT2D eigenvalue weighted by Crippen LogP contribution is 2.38. The first-order valence-corrected chi connectivity index (χ1v) is 3.72. The summed E-state index contributed by atoms with van der Waals surface area (Å²) in [5.74, 6) is -0.837. The van der Waals surface area contributed by atoms with Crippen molar-refractivity contribution in [2.45, 2.75) is 6.18 Å². The highest BCUT2D eigenvalue weighted by atomic mass is 19.4. The molecule has 0 fully saturated rings. The van der Waals surface area contributed by atoms with E-state index in [2.05, 4.69) is 9.97 Å². The number of aromatic amines is 1. The molecule has 0 aliphatic carbocycles. The first-order valence-electron chi connectivity index (χ1n) is 3.72. The zero-order valence-corrected chi connectivity index (χ0v) is 6.76. The van der Waals surface area contributed by atoms with Gasteiger partial charge in [-0.3, -0.25) is 0 Å². The molecule has 2 N–H and O–H groups in total. The zero-order chi connectivity index (χ0) is 10.3. The third-order valence-electron chi connectivity index (χ3n) is 1.87. The number of halogens is 3. The van der Waals surface area contributed by atoms with Gasteiger partial charge in [-0.2, -0.15) is 13.2 Å². The third kappa shape index (κ3) is 1.19. The Morgan fingerprint density at radius 2 is 2.00 bits per heavy atom. The second-order valence-electron chi connectivity index (χ2n) is 2.76. The summed E-state index contributed by atoms with van der Waals surface area (Å²) in [6, 6.07) is 2.04. The van der Waals surface area contributed by atoms with Crippen molar-refractivity contribution in [1.82, 2.24) is 9.97 Å². The maximum Gasteiger partial charge on any atom is 0.420 e. The summed E-state index contributed by atoms with van der Waals surface area (Å²) >= 11 is 0. The molecular formula is C8H5F3N2O. The molecule has 14 heavy (non-hydrogen) atoms. The Morgan fingerprint density at radius 1 is 1.29 bits per heavy atom. The summed E-state index contributed by atoms with van der Waals surface area (Å²) in [5, 5.41) is 9.27. The normalized spacial score (nSPS) is 12.2. The van der Waals surface area contributed by atoms with Crippen LogP contribution in [-0.2, 0) is 6.18 Å². The average molecular weight is 202 g/mol. The molecule has 2 aromatic rings. The molecule has 74 valence electrons. The second kappa shape index (κ2) is 2.63. The van der Waals surface area contributed by atoms with Gasteiger partial charge in [-0.1, -0.05) is 0 Å². The van der Waals surface area contributed by atoms with Crippen LogP contribution in [0.1, 0.15) is 5.56 Å². The molecule has 0 saturated heterocycles. The largest absolute Gasteiger partial charge is 0.505 e. The maximum atomic E-state index is 12.3. The van der Waals surface area contributed by atoms with E-state index < -0.39 is 17.5 Å². The molecule has 0 radical (unpaired) electrons. The molecule has 1 aromatic carbocycles. The monoisotopic (exact) mass is 202 g/mol. The second-order valence-corrected chi connectivity index (χ2v) is 2.76. The van der Waals surface area contributed by atoms with Crippen molar-refractivity contribution in [1.29, 1.82) is 0 Å². The number of benzene rings is 1. The van der Waals surface area contributed by atoms with Crippen LogP contribution in [0.3, 0.4) is 0 Å². The summed E-state index contributed by atoms with van der Waals surface area (Å²) in [5.41, 5.74) is -0.771. The molecule has 0 unspecified atom stereocenters. The predicted octanol–water partition coefficient (Wildman–Crippen LogP) is 2.29. The third-order valence-corrected chi connectivity index (χ3v) is 1.87. The van der Waals surface area contributed by atoms with E-state index in [0.29, 0.717) is 5.52 Å². The molecular weight excluding hydrogens is 197 g/mol. The lowest BCUT2D eigenvalue weighted by molar-refractivity contribution is -0.138. The van der Waals surface area contributed by atoms with Crippen LogP contribution in [0.15, 0.2) is 18.5 Å². The molecule has 6 heteroatoms. The molecule has 0 spiro atoms. The zero-order valence-electron chi connectivity index (χ0n) is 6.76. The van der Waals surface area contributed by atoms with Gasteiger partial charge >= 0.3 is 6.18 Å². The van der Waals surface area contributed by atoms with E-state index in [-0.39, 0.29) is 5.52 Å². The Bertz CT molecular complexity index is 475. The molecule has 0 amide bonds. The van der Waals surface area contributed by atoms with Crippen LogP contribution < -0.4 is 0 Å². The van der Waals surface area contributed by atoms with E-state index in [1.807, 2.05) is 0 Å². The number of H-pyrrole nitrogens is 1. The Labute approximate surface area is 76.2 Å². The Balaban J connectivity index is 2.74. The fourth-order valence-electron chi connectivity index (χ4n) is 1.22. The van der Waals surface area contributed by atoms with Gasteiger partial charge in [-0.25, -0.2) is 4.98 Å². The van der Waals surface area contributed by atoms with Crippen LogP contribution in [0.2, 0.25) is 0 Å². The molecule has 0 aliphatic heterocycles. The SMILES string of the molecule is Oc1c(C(F)(F)F)ccc2[nH]cnc12. The highest BCUT2D eigenvalue weighted by Gasteiger charge is 2.34. The molecule has 1 aromatic heterocycles. The first-order chi connectivity index (χ1) is 6.50. The van der Waals surface area contributed by atoms with E-state index in [0.717, 1.165) is 6.07 Å². The van der Waals surface area contributed by atoms with Gasteiger partial charge in [0.05, 0.1) is 17.4 Å². The van der Waals surface area contributed by atoms with E-state index in [1.54, 1.807) is 0 Å². The van der Waals surface area contributed by atoms with Crippen molar-refractivity contribution < 1.29 is 18.3 Å². The van der Waals surface area contributed by atoms with Crippen molar-refractivity contribution in [2.75, 3.05) is 0 Å². The van der Waals surface area contributed by atoms with Crippen LogP contribution in [0.25, 0.3) is 11.0 Å². The van der Waals surface area contributed by atoms with Crippen LogP contribution in [0.5, 0.6) is 5.75 Å². The molecule has 0 atom stereocenters. The van der Waals surface area contributed by atoms with Gasteiger partial charge < -0.3 is 10.1 Å². The summed E-state index contributed by atoms with van der Waals surface area (Å²) < 4.78 is 36.9. The Morgan fingerprint density at radius 3 is 2.64 bits per heavy atom. The van der Waals surface area contributed by atoms with Crippen molar-refractivity contribution in [3.63, 3.8) is 0 Å². The van der Waals surface area contributed by atoms with Gasteiger partial charge in [0.25, 0.3) is 0 Å². The molecule has 0 saturated carbocycles. The van der Waals surface area contributed by atoms with Crippen LogP contribution in [0, 0.1) is 0 Å². The number of aromatic nitrogens is 2. The first kappa shape index (κ1) is 8.86. The number of hydrogen-bond donors (Lipinski definition) is 2. The summed E-state index contributed by atoms with van der Waals surface area (Å²) in [7, 11) is 0. The lowest BCUT2D eigenvalue weighted by Gasteiger charge is -2.08. The fourth-order valence-corrected chi connectivity index (χ4v) is 1.22. The average Bonchev–Trinajstić information content (AvgIpc) is 2.50.